The maximum Gasteiger partial charge on any atom is 0.233 e. The van der Waals surface area contributed by atoms with E-state index in [4.69, 9.17) is 0 Å². The fourth-order valence-corrected chi connectivity index (χ4v) is 3.53. The summed E-state index contributed by atoms with van der Waals surface area (Å²) in [5, 5.41) is 0. The van der Waals surface area contributed by atoms with Crippen molar-refractivity contribution in [1.82, 2.24) is 14.8 Å². The number of aromatic nitrogens is 1. The van der Waals surface area contributed by atoms with E-state index in [9.17, 15) is 13.6 Å². The van der Waals surface area contributed by atoms with Gasteiger partial charge in [-0.2, -0.15) is 0 Å². The fourth-order valence-electron chi connectivity index (χ4n) is 2.70. The molecule has 1 aliphatic rings. The molecule has 1 amide bonds. The summed E-state index contributed by atoms with van der Waals surface area (Å²) in [4.78, 5) is 21.0. The van der Waals surface area contributed by atoms with Crippen molar-refractivity contribution < 1.29 is 13.6 Å². The molecule has 132 valence electrons. The van der Waals surface area contributed by atoms with Crippen molar-refractivity contribution in [3.05, 3.63) is 59.9 Å². The normalized spacial score (nSPS) is 15.4. The Morgan fingerprint density at radius 3 is 2.44 bits per heavy atom. The predicted octanol–water partition coefficient (Wildman–Crippen LogP) is 2.80. The zero-order valence-corrected chi connectivity index (χ0v) is 14.5. The number of halogens is 2. The number of hydrogen-bond acceptors (Lipinski definition) is 4. The Kier molecular flexibility index (Phi) is 5.99. The van der Waals surface area contributed by atoms with Crippen LogP contribution in [0.2, 0.25) is 0 Å². The van der Waals surface area contributed by atoms with Crippen LogP contribution < -0.4 is 0 Å². The average Bonchev–Trinajstić information content (AvgIpc) is 2.64. The summed E-state index contributed by atoms with van der Waals surface area (Å²) in [6, 6.07) is 7.69. The van der Waals surface area contributed by atoms with E-state index in [1.165, 1.54) is 23.4 Å². The van der Waals surface area contributed by atoms with Gasteiger partial charge in [0.05, 0.1) is 5.75 Å². The zero-order chi connectivity index (χ0) is 17.6. The van der Waals surface area contributed by atoms with E-state index in [0.29, 0.717) is 18.0 Å². The maximum absolute atomic E-state index is 13.2. The second-order valence-electron chi connectivity index (χ2n) is 5.88. The largest absolute Gasteiger partial charge is 0.339 e. The number of rotatable bonds is 5. The molecular formula is C18H19F2N3OS. The first-order valence-corrected chi connectivity index (χ1v) is 9.07. The Hall–Kier alpha value is -1.99. The van der Waals surface area contributed by atoms with Crippen LogP contribution >= 0.6 is 11.8 Å². The Morgan fingerprint density at radius 1 is 1.04 bits per heavy atom. The molecule has 0 spiro atoms. The first-order valence-electron chi connectivity index (χ1n) is 8.09. The summed E-state index contributed by atoms with van der Waals surface area (Å²) in [6.07, 6.45) is 3.56. The molecule has 4 nitrogen and oxygen atoms in total. The van der Waals surface area contributed by atoms with Crippen LogP contribution in [-0.2, 0) is 11.3 Å². The van der Waals surface area contributed by atoms with Crippen LogP contribution in [0.25, 0.3) is 0 Å². The van der Waals surface area contributed by atoms with Gasteiger partial charge in [-0.15, -0.1) is 11.8 Å². The third-order valence-electron chi connectivity index (χ3n) is 4.13. The molecule has 0 bridgehead atoms. The summed E-state index contributed by atoms with van der Waals surface area (Å²) < 4.78 is 26.1. The molecule has 0 atom stereocenters. The second-order valence-corrected chi connectivity index (χ2v) is 6.93. The summed E-state index contributed by atoms with van der Waals surface area (Å²) in [5.41, 5.74) is 1.21. The van der Waals surface area contributed by atoms with Crippen molar-refractivity contribution in [2.75, 3.05) is 31.9 Å². The highest BCUT2D eigenvalue weighted by Crippen LogP contribution is 2.21. The number of carbonyl (C=O) groups excluding carboxylic acids is 1. The third-order valence-corrected chi connectivity index (χ3v) is 5.11. The maximum atomic E-state index is 13.2. The van der Waals surface area contributed by atoms with Crippen LogP contribution in [0.5, 0.6) is 0 Å². The highest BCUT2D eigenvalue weighted by molar-refractivity contribution is 8.00. The van der Waals surface area contributed by atoms with Crippen LogP contribution in [-0.4, -0.2) is 52.6 Å². The molecular weight excluding hydrogens is 344 g/mol. The van der Waals surface area contributed by atoms with E-state index in [0.717, 1.165) is 31.8 Å². The Morgan fingerprint density at radius 2 is 1.76 bits per heavy atom. The molecule has 0 N–H and O–H groups in total. The van der Waals surface area contributed by atoms with Crippen LogP contribution in [0.1, 0.15) is 5.56 Å². The number of amides is 1. The van der Waals surface area contributed by atoms with Crippen molar-refractivity contribution in [1.29, 1.82) is 0 Å². The van der Waals surface area contributed by atoms with E-state index < -0.39 is 11.6 Å². The minimum Gasteiger partial charge on any atom is -0.339 e. The van der Waals surface area contributed by atoms with E-state index in [1.807, 2.05) is 17.0 Å². The predicted molar refractivity (Wildman–Crippen MR) is 93.2 cm³/mol. The summed E-state index contributed by atoms with van der Waals surface area (Å²) in [5.74, 6) is -1.50. The van der Waals surface area contributed by atoms with Crippen LogP contribution in [0.3, 0.4) is 0 Å². The van der Waals surface area contributed by atoms with Gasteiger partial charge < -0.3 is 4.90 Å². The molecule has 1 saturated heterocycles. The van der Waals surface area contributed by atoms with Gasteiger partial charge in [-0.1, -0.05) is 0 Å². The first-order chi connectivity index (χ1) is 12.1. The molecule has 1 fully saturated rings. The van der Waals surface area contributed by atoms with E-state index in [-0.39, 0.29) is 11.7 Å². The quantitative estimate of drug-likeness (QED) is 0.766. The van der Waals surface area contributed by atoms with Crippen molar-refractivity contribution in [2.24, 2.45) is 0 Å². The number of pyridine rings is 1. The van der Waals surface area contributed by atoms with Crippen LogP contribution in [0.15, 0.2) is 47.6 Å². The molecule has 0 unspecified atom stereocenters. The first kappa shape index (κ1) is 17.8. The lowest BCUT2D eigenvalue weighted by Gasteiger charge is -2.34. The summed E-state index contributed by atoms with van der Waals surface area (Å²) in [7, 11) is 0. The Balaban J connectivity index is 1.44. The Bertz CT molecular complexity index is 722. The monoisotopic (exact) mass is 363 g/mol. The highest BCUT2D eigenvalue weighted by Gasteiger charge is 2.21. The molecule has 2 aromatic rings. The van der Waals surface area contributed by atoms with Gasteiger partial charge in [0.2, 0.25) is 5.91 Å². The standard InChI is InChI=1S/C18H19F2N3OS/c19-16-2-1-15(11-17(16)20)25-13-18(24)23-9-7-22(8-10-23)12-14-3-5-21-6-4-14/h1-6,11H,7-10,12-13H2. The number of benzene rings is 1. The Labute approximate surface area is 149 Å². The summed E-state index contributed by atoms with van der Waals surface area (Å²) in [6.45, 7) is 3.87. The molecule has 7 heteroatoms. The molecule has 1 aromatic heterocycles. The van der Waals surface area contributed by atoms with Gasteiger partial charge >= 0.3 is 0 Å². The summed E-state index contributed by atoms with van der Waals surface area (Å²) >= 11 is 1.23. The molecule has 2 heterocycles. The van der Waals surface area contributed by atoms with Gasteiger partial charge in [-0.3, -0.25) is 14.7 Å². The molecule has 0 radical (unpaired) electrons. The lowest BCUT2D eigenvalue weighted by atomic mass is 10.2. The lowest BCUT2D eigenvalue weighted by molar-refractivity contribution is -0.130. The topological polar surface area (TPSA) is 36.4 Å². The number of nitrogens with zero attached hydrogens (tertiary/aromatic N) is 3. The fraction of sp³-hybridized carbons (Fsp3) is 0.333. The highest BCUT2D eigenvalue weighted by atomic mass is 32.2. The number of piperazine rings is 1. The third kappa shape index (κ3) is 4.99. The second kappa shape index (κ2) is 8.40. The average molecular weight is 363 g/mol. The van der Waals surface area contributed by atoms with Crippen molar-refractivity contribution in [2.45, 2.75) is 11.4 Å². The van der Waals surface area contributed by atoms with Crippen LogP contribution in [0.4, 0.5) is 8.78 Å². The molecule has 1 aliphatic heterocycles. The molecule has 0 aliphatic carbocycles. The minimum absolute atomic E-state index is 0.0262. The molecule has 25 heavy (non-hydrogen) atoms. The lowest BCUT2D eigenvalue weighted by Crippen LogP contribution is -2.48. The number of carbonyl (C=O) groups is 1. The van der Waals surface area contributed by atoms with E-state index in [1.54, 1.807) is 12.4 Å². The van der Waals surface area contributed by atoms with Crippen molar-refractivity contribution >= 4 is 17.7 Å². The van der Waals surface area contributed by atoms with E-state index >= 15 is 0 Å². The number of thioether (sulfide) groups is 1. The zero-order valence-electron chi connectivity index (χ0n) is 13.7. The molecule has 3 rings (SSSR count). The SMILES string of the molecule is O=C(CSc1ccc(F)c(F)c1)N1CCN(Cc2ccncc2)CC1. The van der Waals surface area contributed by atoms with Gasteiger partial charge in [0.1, 0.15) is 0 Å². The molecule has 0 saturated carbocycles. The van der Waals surface area contributed by atoms with Gasteiger partial charge in [0, 0.05) is 50.0 Å². The molecule has 1 aromatic carbocycles. The van der Waals surface area contributed by atoms with Crippen molar-refractivity contribution in [3.8, 4) is 0 Å². The van der Waals surface area contributed by atoms with Gasteiger partial charge in [0.25, 0.3) is 0 Å². The van der Waals surface area contributed by atoms with Crippen LogP contribution in [0, 0.1) is 11.6 Å². The van der Waals surface area contributed by atoms with Gasteiger partial charge in [-0.05, 0) is 35.9 Å². The smallest absolute Gasteiger partial charge is 0.233 e. The van der Waals surface area contributed by atoms with Crippen molar-refractivity contribution in [3.63, 3.8) is 0 Å². The van der Waals surface area contributed by atoms with E-state index in [2.05, 4.69) is 9.88 Å². The minimum atomic E-state index is -0.887. The number of hydrogen-bond donors (Lipinski definition) is 0. The van der Waals surface area contributed by atoms with Gasteiger partial charge in [-0.25, -0.2) is 8.78 Å². The van der Waals surface area contributed by atoms with Gasteiger partial charge in [0.15, 0.2) is 11.6 Å².